The molecule has 2 fully saturated rings. The van der Waals surface area contributed by atoms with Gasteiger partial charge in [0.15, 0.2) is 5.76 Å². The molecule has 1 saturated carbocycles. The summed E-state index contributed by atoms with van der Waals surface area (Å²) in [5.74, 6) is 0.189. The molecule has 1 aliphatic carbocycles. The van der Waals surface area contributed by atoms with Crippen molar-refractivity contribution in [3.63, 3.8) is 0 Å². The van der Waals surface area contributed by atoms with Crippen molar-refractivity contribution in [2.75, 3.05) is 0 Å². The third kappa shape index (κ3) is 5.93. The number of rotatable bonds is 6. The van der Waals surface area contributed by atoms with E-state index >= 15 is 0 Å². The van der Waals surface area contributed by atoms with E-state index in [0.29, 0.717) is 24.4 Å². The van der Waals surface area contributed by atoms with Gasteiger partial charge in [-0.25, -0.2) is 0 Å². The second-order valence-electron chi connectivity index (χ2n) is 10.2. The lowest BCUT2D eigenvalue weighted by Gasteiger charge is -2.44. The summed E-state index contributed by atoms with van der Waals surface area (Å²) in [5.41, 5.74) is 6.01. The first-order chi connectivity index (χ1) is 18.0. The standard InChI is InChI=1S/C32H34N2O3/c1-22-7-11-25(12-8-22)20-33-31(35)27-17-15-24(16-18-27)19-30-32(36)34(21-26-13-9-23(2)10-14-26)28-5-3-4-6-29(28)37-30/h7-19,28-29H,3-6,20-21H2,1-2H3,(H,33,35)/b30-19+. The molecule has 1 aliphatic heterocycles. The molecule has 0 bridgehead atoms. The van der Waals surface area contributed by atoms with Crippen molar-refractivity contribution < 1.29 is 14.3 Å². The lowest BCUT2D eigenvalue weighted by atomic mass is 9.89. The highest BCUT2D eigenvalue weighted by Gasteiger charge is 2.41. The lowest BCUT2D eigenvalue weighted by Crippen LogP contribution is -2.54. The molecule has 1 N–H and O–H groups in total. The van der Waals surface area contributed by atoms with Crippen LogP contribution in [0.5, 0.6) is 0 Å². The molecule has 5 heteroatoms. The maximum absolute atomic E-state index is 13.5. The molecule has 5 nitrogen and oxygen atoms in total. The van der Waals surface area contributed by atoms with Gasteiger partial charge in [-0.05, 0) is 68.0 Å². The van der Waals surface area contributed by atoms with E-state index in [0.717, 1.165) is 42.4 Å². The van der Waals surface area contributed by atoms with E-state index < -0.39 is 0 Å². The fourth-order valence-corrected chi connectivity index (χ4v) is 5.12. The second-order valence-corrected chi connectivity index (χ2v) is 10.2. The average Bonchev–Trinajstić information content (AvgIpc) is 2.92. The van der Waals surface area contributed by atoms with Gasteiger partial charge < -0.3 is 15.0 Å². The molecule has 2 unspecified atom stereocenters. The van der Waals surface area contributed by atoms with Crippen molar-refractivity contribution >= 4 is 17.9 Å². The minimum atomic E-state index is -0.126. The van der Waals surface area contributed by atoms with Crippen LogP contribution in [-0.2, 0) is 22.6 Å². The van der Waals surface area contributed by atoms with Crippen molar-refractivity contribution in [3.8, 4) is 0 Å². The predicted octanol–water partition coefficient (Wildman–Crippen LogP) is 5.94. The summed E-state index contributed by atoms with van der Waals surface area (Å²) in [6, 6.07) is 23.9. The Morgan fingerprint density at radius 2 is 1.51 bits per heavy atom. The van der Waals surface area contributed by atoms with Crippen LogP contribution in [0.1, 0.15) is 63.9 Å². The Kier molecular flexibility index (Phi) is 7.40. The van der Waals surface area contributed by atoms with Crippen LogP contribution in [0.25, 0.3) is 6.08 Å². The van der Waals surface area contributed by atoms with E-state index in [1.807, 2.05) is 54.3 Å². The number of ether oxygens (including phenoxy) is 1. The first kappa shape index (κ1) is 24.8. The van der Waals surface area contributed by atoms with E-state index in [4.69, 9.17) is 4.74 Å². The normalized spacial score (nSPS) is 20.3. The molecule has 1 heterocycles. The van der Waals surface area contributed by atoms with Crippen molar-refractivity contribution in [2.24, 2.45) is 0 Å². The number of hydrogen-bond acceptors (Lipinski definition) is 3. The summed E-state index contributed by atoms with van der Waals surface area (Å²) in [4.78, 5) is 28.2. The van der Waals surface area contributed by atoms with Gasteiger partial charge in [0.2, 0.25) is 0 Å². The van der Waals surface area contributed by atoms with Gasteiger partial charge in [-0.3, -0.25) is 9.59 Å². The van der Waals surface area contributed by atoms with Crippen molar-refractivity contribution in [3.05, 3.63) is 112 Å². The molecule has 0 aromatic heterocycles. The molecule has 1 saturated heterocycles. The zero-order valence-corrected chi connectivity index (χ0v) is 21.6. The SMILES string of the molecule is Cc1ccc(CNC(=O)c2ccc(/C=C3/OC4CCCCC4N(Cc4ccc(C)cc4)C3=O)cc2)cc1. The van der Waals surface area contributed by atoms with Gasteiger partial charge in [-0.15, -0.1) is 0 Å². The number of fused-ring (bicyclic) bond motifs is 1. The summed E-state index contributed by atoms with van der Waals surface area (Å²) in [7, 11) is 0. The third-order valence-electron chi connectivity index (χ3n) is 7.34. The van der Waals surface area contributed by atoms with Crippen molar-refractivity contribution in [1.29, 1.82) is 0 Å². The topological polar surface area (TPSA) is 58.6 Å². The average molecular weight is 495 g/mol. The number of amides is 2. The number of nitrogens with zero attached hydrogens (tertiary/aromatic N) is 1. The van der Waals surface area contributed by atoms with Gasteiger partial charge in [-0.1, -0.05) is 78.2 Å². The van der Waals surface area contributed by atoms with Gasteiger partial charge in [0, 0.05) is 18.7 Å². The Balaban J connectivity index is 1.29. The first-order valence-electron chi connectivity index (χ1n) is 13.1. The highest BCUT2D eigenvalue weighted by Crippen LogP contribution is 2.34. The fourth-order valence-electron chi connectivity index (χ4n) is 5.12. The fraction of sp³-hybridized carbons (Fsp3) is 0.312. The van der Waals surface area contributed by atoms with Crippen molar-refractivity contribution in [2.45, 2.75) is 64.8 Å². The van der Waals surface area contributed by atoms with Gasteiger partial charge in [0.05, 0.1) is 6.04 Å². The minimum Gasteiger partial charge on any atom is -0.482 e. The number of carbonyl (C=O) groups is 2. The summed E-state index contributed by atoms with van der Waals surface area (Å²) in [6.07, 6.45) is 6.00. The van der Waals surface area contributed by atoms with E-state index in [9.17, 15) is 9.59 Å². The van der Waals surface area contributed by atoms with E-state index in [2.05, 4.69) is 36.5 Å². The molecule has 2 amide bonds. The van der Waals surface area contributed by atoms with Crippen LogP contribution in [0.15, 0.2) is 78.6 Å². The Hall–Kier alpha value is -3.86. The van der Waals surface area contributed by atoms with Gasteiger partial charge in [0.1, 0.15) is 6.10 Å². The molecule has 2 aliphatic rings. The molecular weight excluding hydrogens is 460 g/mol. The van der Waals surface area contributed by atoms with Crippen LogP contribution in [0.3, 0.4) is 0 Å². The molecular formula is C32H34N2O3. The number of nitrogens with one attached hydrogen (secondary N) is 1. The Labute approximate surface area is 219 Å². The molecule has 0 radical (unpaired) electrons. The van der Waals surface area contributed by atoms with Crippen LogP contribution in [0.2, 0.25) is 0 Å². The molecule has 190 valence electrons. The Bertz CT molecular complexity index is 1280. The van der Waals surface area contributed by atoms with Gasteiger partial charge >= 0.3 is 0 Å². The molecule has 3 aromatic carbocycles. The van der Waals surface area contributed by atoms with E-state index in [1.165, 1.54) is 11.1 Å². The molecule has 5 rings (SSSR count). The highest BCUT2D eigenvalue weighted by atomic mass is 16.5. The summed E-state index contributed by atoms with van der Waals surface area (Å²) in [5, 5.41) is 2.97. The first-order valence-corrected chi connectivity index (χ1v) is 13.1. The lowest BCUT2D eigenvalue weighted by molar-refractivity contribution is -0.149. The quantitative estimate of drug-likeness (QED) is 0.431. The summed E-state index contributed by atoms with van der Waals surface area (Å²) < 4.78 is 6.26. The highest BCUT2D eigenvalue weighted by molar-refractivity contribution is 5.97. The van der Waals surface area contributed by atoms with E-state index in [-0.39, 0.29) is 24.0 Å². The number of hydrogen-bond donors (Lipinski definition) is 1. The van der Waals surface area contributed by atoms with Crippen molar-refractivity contribution in [1.82, 2.24) is 10.2 Å². The second kappa shape index (κ2) is 11.0. The molecule has 2 atom stereocenters. The van der Waals surface area contributed by atoms with Gasteiger partial charge in [0.25, 0.3) is 11.8 Å². The summed E-state index contributed by atoms with van der Waals surface area (Å²) in [6.45, 7) is 5.18. The summed E-state index contributed by atoms with van der Waals surface area (Å²) >= 11 is 0. The Morgan fingerprint density at radius 3 is 2.19 bits per heavy atom. The van der Waals surface area contributed by atoms with Crippen LogP contribution < -0.4 is 5.32 Å². The minimum absolute atomic E-state index is 0.0231. The number of benzene rings is 3. The zero-order valence-electron chi connectivity index (χ0n) is 21.6. The number of morpholine rings is 1. The van der Waals surface area contributed by atoms with E-state index in [1.54, 1.807) is 12.1 Å². The predicted molar refractivity (Wildman–Crippen MR) is 146 cm³/mol. The van der Waals surface area contributed by atoms with Gasteiger partial charge in [-0.2, -0.15) is 0 Å². The maximum atomic E-state index is 13.5. The molecule has 37 heavy (non-hydrogen) atoms. The van der Waals surface area contributed by atoms with Crippen LogP contribution in [0.4, 0.5) is 0 Å². The monoisotopic (exact) mass is 494 g/mol. The van der Waals surface area contributed by atoms with Crippen LogP contribution >= 0.6 is 0 Å². The smallest absolute Gasteiger partial charge is 0.289 e. The molecule has 3 aromatic rings. The van der Waals surface area contributed by atoms with Crippen LogP contribution in [-0.4, -0.2) is 28.9 Å². The molecule has 0 spiro atoms. The Morgan fingerprint density at radius 1 is 0.892 bits per heavy atom. The number of aryl methyl sites for hydroxylation is 2. The van der Waals surface area contributed by atoms with Crippen LogP contribution in [0, 0.1) is 13.8 Å². The maximum Gasteiger partial charge on any atom is 0.289 e. The zero-order chi connectivity index (χ0) is 25.8. The third-order valence-corrected chi connectivity index (χ3v) is 7.34. The number of carbonyl (C=O) groups excluding carboxylic acids is 2. The largest absolute Gasteiger partial charge is 0.482 e.